The summed E-state index contributed by atoms with van der Waals surface area (Å²) in [5.41, 5.74) is 0. The summed E-state index contributed by atoms with van der Waals surface area (Å²) in [6.45, 7) is 0. The van der Waals surface area contributed by atoms with Crippen LogP contribution in [0.1, 0.15) is 25.7 Å². The molecule has 1 aliphatic carbocycles. The summed E-state index contributed by atoms with van der Waals surface area (Å²) in [6, 6.07) is 0. The highest BCUT2D eigenvalue weighted by Crippen LogP contribution is 2.04. The summed E-state index contributed by atoms with van der Waals surface area (Å²) < 4.78 is 0. The molecule has 0 heteroatoms. The summed E-state index contributed by atoms with van der Waals surface area (Å²) in [7, 11) is 0. The van der Waals surface area contributed by atoms with E-state index in [0.717, 1.165) is 12.8 Å². The minimum absolute atomic E-state index is 1.12. The van der Waals surface area contributed by atoms with Crippen molar-refractivity contribution >= 4 is 0 Å². The summed E-state index contributed by atoms with van der Waals surface area (Å²) >= 11 is 0. The lowest BCUT2D eigenvalue weighted by molar-refractivity contribution is 0.936. The predicted octanol–water partition coefficient (Wildman–Crippen LogP) is 2.88. The second-order valence-corrected chi connectivity index (χ2v) is 2.28. The van der Waals surface area contributed by atoms with Crippen molar-refractivity contribution in [3.8, 4) is 0 Å². The van der Waals surface area contributed by atoms with Crippen molar-refractivity contribution in [1.82, 2.24) is 0 Å². The Labute approximate surface area is 57.3 Å². The van der Waals surface area contributed by atoms with Gasteiger partial charge in [0, 0.05) is 0 Å². The average molecular weight is 121 g/mol. The molecule has 0 heterocycles. The van der Waals surface area contributed by atoms with Crippen molar-refractivity contribution < 1.29 is 0 Å². The molecule has 0 aromatic rings. The molecule has 0 unspecified atom stereocenters. The van der Waals surface area contributed by atoms with Gasteiger partial charge in [-0.25, -0.2) is 0 Å². The quantitative estimate of drug-likeness (QED) is 0.432. The van der Waals surface area contributed by atoms with E-state index < -0.39 is 0 Å². The van der Waals surface area contributed by atoms with Crippen LogP contribution >= 0.6 is 0 Å². The highest BCUT2D eigenvalue weighted by atomic mass is 13.9. The maximum atomic E-state index is 2.33. The lowest BCUT2D eigenvalue weighted by atomic mass is 10.2. The fourth-order valence-corrected chi connectivity index (χ4v) is 0.913. The number of hydrogen-bond acceptors (Lipinski definition) is 0. The SMILES string of the molecule is [CH]1C/C=C/C/C=C/CC1. The molecule has 0 aromatic heterocycles. The zero-order chi connectivity index (χ0) is 6.36. The van der Waals surface area contributed by atoms with Crippen LogP contribution in [-0.4, -0.2) is 0 Å². The van der Waals surface area contributed by atoms with Gasteiger partial charge < -0.3 is 0 Å². The Balaban J connectivity index is 2.28. The molecule has 0 saturated carbocycles. The minimum Gasteiger partial charge on any atom is -0.0882 e. The normalized spacial score (nSPS) is 27.6. The van der Waals surface area contributed by atoms with E-state index in [1.807, 2.05) is 0 Å². The number of allylic oxidation sites excluding steroid dienone is 4. The second kappa shape index (κ2) is 4.37. The molecular formula is C9H13. The summed E-state index contributed by atoms with van der Waals surface area (Å²) in [4.78, 5) is 0. The summed E-state index contributed by atoms with van der Waals surface area (Å²) in [6.07, 6.45) is 16.0. The highest BCUT2D eigenvalue weighted by Gasteiger charge is 1.85. The molecule has 1 radical (unpaired) electrons. The van der Waals surface area contributed by atoms with Crippen molar-refractivity contribution in [3.63, 3.8) is 0 Å². The van der Waals surface area contributed by atoms with Crippen molar-refractivity contribution in [2.45, 2.75) is 25.7 Å². The average Bonchev–Trinajstić information content (AvgIpc) is 2.00. The van der Waals surface area contributed by atoms with E-state index >= 15 is 0 Å². The van der Waals surface area contributed by atoms with Crippen LogP contribution in [0.15, 0.2) is 24.3 Å². The fraction of sp³-hybridized carbons (Fsp3) is 0.444. The van der Waals surface area contributed by atoms with Crippen molar-refractivity contribution in [3.05, 3.63) is 30.7 Å². The van der Waals surface area contributed by atoms with E-state index in [-0.39, 0.29) is 0 Å². The van der Waals surface area contributed by atoms with E-state index in [1.54, 1.807) is 0 Å². The zero-order valence-electron chi connectivity index (χ0n) is 5.72. The molecule has 1 rings (SSSR count). The monoisotopic (exact) mass is 121 g/mol. The molecule has 0 atom stereocenters. The molecule has 0 saturated heterocycles. The van der Waals surface area contributed by atoms with Gasteiger partial charge in [0.25, 0.3) is 0 Å². The molecule has 0 aliphatic heterocycles. The van der Waals surface area contributed by atoms with Gasteiger partial charge in [0.2, 0.25) is 0 Å². The first-order chi connectivity index (χ1) is 4.50. The van der Waals surface area contributed by atoms with E-state index in [4.69, 9.17) is 0 Å². The number of hydrogen-bond donors (Lipinski definition) is 0. The predicted molar refractivity (Wildman–Crippen MR) is 41.0 cm³/mol. The van der Waals surface area contributed by atoms with E-state index in [1.165, 1.54) is 12.8 Å². The van der Waals surface area contributed by atoms with Crippen molar-refractivity contribution in [2.75, 3.05) is 0 Å². The Hall–Kier alpha value is -0.520. The molecular weight excluding hydrogens is 108 g/mol. The van der Waals surface area contributed by atoms with Gasteiger partial charge in [0.1, 0.15) is 0 Å². The first-order valence-corrected chi connectivity index (χ1v) is 3.62. The second-order valence-electron chi connectivity index (χ2n) is 2.28. The van der Waals surface area contributed by atoms with Crippen LogP contribution in [0.25, 0.3) is 0 Å². The largest absolute Gasteiger partial charge is 0.0882 e. The van der Waals surface area contributed by atoms with Gasteiger partial charge >= 0.3 is 0 Å². The highest BCUT2D eigenvalue weighted by molar-refractivity contribution is 4.97. The Bertz CT molecular complexity index is 95.2. The molecule has 1 aliphatic rings. The first-order valence-electron chi connectivity index (χ1n) is 3.62. The molecule has 0 aromatic carbocycles. The molecule has 0 fully saturated rings. The van der Waals surface area contributed by atoms with Crippen LogP contribution < -0.4 is 0 Å². The van der Waals surface area contributed by atoms with Gasteiger partial charge in [-0.3, -0.25) is 0 Å². The van der Waals surface area contributed by atoms with Gasteiger partial charge in [0.15, 0.2) is 0 Å². The van der Waals surface area contributed by atoms with Crippen LogP contribution in [0.5, 0.6) is 0 Å². The lowest BCUT2D eigenvalue weighted by Crippen LogP contribution is -1.71. The molecule has 0 nitrogen and oxygen atoms in total. The van der Waals surface area contributed by atoms with Gasteiger partial charge in [0.05, 0.1) is 0 Å². The van der Waals surface area contributed by atoms with Crippen LogP contribution in [-0.2, 0) is 0 Å². The smallest absolute Gasteiger partial charge is 0.0169 e. The first kappa shape index (κ1) is 6.60. The molecule has 0 spiro atoms. The Morgan fingerprint density at radius 3 is 2.44 bits per heavy atom. The van der Waals surface area contributed by atoms with E-state index in [0.29, 0.717) is 0 Å². The lowest BCUT2D eigenvalue weighted by Gasteiger charge is -1.88. The molecule has 49 valence electrons. The van der Waals surface area contributed by atoms with Gasteiger partial charge in [-0.1, -0.05) is 24.3 Å². The van der Waals surface area contributed by atoms with Crippen molar-refractivity contribution in [2.24, 2.45) is 0 Å². The Morgan fingerprint density at radius 1 is 0.667 bits per heavy atom. The standard InChI is InChI=1S/C9H13/c1-2-4-6-8-9-7-5-3-1/h1-2,5-7H,3-4,8-9H2/b2-1+,7-5+. The van der Waals surface area contributed by atoms with E-state index in [2.05, 4.69) is 30.7 Å². The van der Waals surface area contributed by atoms with Crippen LogP contribution in [0.4, 0.5) is 0 Å². The topological polar surface area (TPSA) is 0 Å². The van der Waals surface area contributed by atoms with Gasteiger partial charge in [-0.15, -0.1) is 0 Å². The van der Waals surface area contributed by atoms with E-state index in [9.17, 15) is 0 Å². The Kier molecular flexibility index (Phi) is 3.20. The summed E-state index contributed by atoms with van der Waals surface area (Å²) in [5, 5.41) is 0. The Morgan fingerprint density at radius 2 is 1.44 bits per heavy atom. The van der Waals surface area contributed by atoms with Crippen LogP contribution in [0, 0.1) is 6.42 Å². The molecule has 0 bridgehead atoms. The minimum atomic E-state index is 1.12. The van der Waals surface area contributed by atoms with Gasteiger partial charge in [-0.05, 0) is 32.1 Å². The maximum absolute atomic E-state index is 2.33. The third kappa shape index (κ3) is 3.12. The van der Waals surface area contributed by atoms with Crippen molar-refractivity contribution in [1.29, 1.82) is 0 Å². The fourth-order valence-electron chi connectivity index (χ4n) is 0.913. The maximum Gasteiger partial charge on any atom is -0.0169 e. The molecule has 0 amide bonds. The third-order valence-electron chi connectivity index (χ3n) is 1.45. The zero-order valence-corrected chi connectivity index (χ0v) is 5.72. The molecule has 9 heavy (non-hydrogen) atoms. The third-order valence-corrected chi connectivity index (χ3v) is 1.45. The molecule has 0 N–H and O–H groups in total. The summed E-state index contributed by atoms with van der Waals surface area (Å²) in [5.74, 6) is 0. The van der Waals surface area contributed by atoms with Gasteiger partial charge in [-0.2, -0.15) is 0 Å². The number of rotatable bonds is 0. The van der Waals surface area contributed by atoms with Crippen LogP contribution in [0.2, 0.25) is 0 Å². The van der Waals surface area contributed by atoms with Crippen LogP contribution in [0.3, 0.4) is 0 Å².